The van der Waals surface area contributed by atoms with Crippen molar-refractivity contribution in [2.45, 2.75) is 12.5 Å². The molecule has 1 fully saturated rings. The van der Waals surface area contributed by atoms with Gasteiger partial charge >= 0.3 is 0 Å². The Labute approximate surface area is 79.9 Å². The first kappa shape index (κ1) is 9.27. The molecule has 74 valence electrons. The zero-order valence-corrected chi connectivity index (χ0v) is 7.39. The van der Waals surface area contributed by atoms with Gasteiger partial charge in [0, 0.05) is 12.5 Å². The number of carbonyl (C=O) groups is 1. The number of rotatable bonds is 1. The standard InChI is InChI=1S/C10H9F2NO/c11-8-2-1-6(3-9(8)12)10-4-7(14)5-13-10/h1-3,10,13H,4-5H2/t10-/m0/s1. The van der Waals surface area contributed by atoms with E-state index in [2.05, 4.69) is 5.32 Å². The lowest BCUT2D eigenvalue weighted by atomic mass is 10.1. The molecule has 1 aliphatic rings. The van der Waals surface area contributed by atoms with Crippen molar-refractivity contribution >= 4 is 5.78 Å². The number of nitrogens with one attached hydrogen (secondary N) is 1. The van der Waals surface area contributed by atoms with Crippen LogP contribution in [-0.4, -0.2) is 12.3 Å². The van der Waals surface area contributed by atoms with Crippen molar-refractivity contribution in [2.24, 2.45) is 0 Å². The first-order chi connectivity index (χ1) is 6.66. The van der Waals surface area contributed by atoms with E-state index in [0.29, 0.717) is 18.5 Å². The lowest BCUT2D eigenvalue weighted by Gasteiger charge is -2.09. The lowest BCUT2D eigenvalue weighted by Crippen LogP contribution is -2.13. The zero-order valence-electron chi connectivity index (χ0n) is 7.39. The van der Waals surface area contributed by atoms with E-state index >= 15 is 0 Å². The fraction of sp³-hybridized carbons (Fsp3) is 0.300. The van der Waals surface area contributed by atoms with Crippen LogP contribution in [0, 0.1) is 11.6 Å². The van der Waals surface area contributed by atoms with E-state index in [1.54, 1.807) is 0 Å². The van der Waals surface area contributed by atoms with Crippen molar-refractivity contribution in [2.75, 3.05) is 6.54 Å². The summed E-state index contributed by atoms with van der Waals surface area (Å²) in [5.74, 6) is -1.64. The smallest absolute Gasteiger partial charge is 0.159 e. The molecule has 4 heteroatoms. The van der Waals surface area contributed by atoms with Crippen molar-refractivity contribution in [1.29, 1.82) is 0 Å². The van der Waals surface area contributed by atoms with Gasteiger partial charge in [-0.1, -0.05) is 6.07 Å². The largest absolute Gasteiger partial charge is 0.303 e. The molecular weight excluding hydrogens is 188 g/mol. The molecule has 2 nitrogen and oxygen atoms in total. The molecule has 0 aliphatic carbocycles. The second-order valence-electron chi connectivity index (χ2n) is 3.35. The number of carbonyl (C=O) groups excluding carboxylic acids is 1. The van der Waals surface area contributed by atoms with Gasteiger partial charge in [0.05, 0.1) is 6.54 Å². The molecule has 2 rings (SSSR count). The summed E-state index contributed by atoms with van der Waals surface area (Å²) in [7, 11) is 0. The van der Waals surface area contributed by atoms with Crippen LogP contribution in [0.4, 0.5) is 8.78 Å². The Hall–Kier alpha value is -1.29. The van der Waals surface area contributed by atoms with Crippen molar-refractivity contribution in [3.05, 3.63) is 35.4 Å². The quantitative estimate of drug-likeness (QED) is 0.740. The molecule has 1 aromatic carbocycles. The van der Waals surface area contributed by atoms with Gasteiger partial charge in [0.25, 0.3) is 0 Å². The Morgan fingerprint density at radius 2 is 2.07 bits per heavy atom. The van der Waals surface area contributed by atoms with E-state index < -0.39 is 11.6 Å². The SMILES string of the molecule is O=C1CN[C@H](c2ccc(F)c(F)c2)C1. The van der Waals surface area contributed by atoms with Crippen LogP contribution < -0.4 is 5.32 Å². The molecule has 1 saturated heterocycles. The van der Waals surface area contributed by atoms with Crippen LogP contribution in [0.1, 0.15) is 18.0 Å². The third-order valence-corrected chi connectivity index (χ3v) is 2.32. The molecule has 0 spiro atoms. The van der Waals surface area contributed by atoms with E-state index in [9.17, 15) is 13.6 Å². The minimum Gasteiger partial charge on any atom is -0.303 e. The minimum atomic E-state index is -0.872. The maximum atomic E-state index is 12.8. The lowest BCUT2D eigenvalue weighted by molar-refractivity contribution is -0.116. The van der Waals surface area contributed by atoms with Gasteiger partial charge in [0.2, 0.25) is 0 Å². The van der Waals surface area contributed by atoms with Gasteiger partial charge in [0.1, 0.15) is 5.78 Å². The monoisotopic (exact) mass is 197 g/mol. The fourth-order valence-corrected chi connectivity index (χ4v) is 1.57. The van der Waals surface area contributed by atoms with Crippen LogP contribution in [0.5, 0.6) is 0 Å². The molecule has 0 unspecified atom stereocenters. The van der Waals surface area contributed by atoms with E-state index in [4.69, 9.17) is 0 Å². The van der Waals surface area contributed by atoms with Crippen LogP contribution in [0.2, 0.25) is 0 Å². The Morgan fingerprint density at radius 3 is 2.64 bits per heavy atom. The van der Waals surface area contributed by atoms with Gasteiger partial charge in [0.15, 0.2) is 11.6 Å². The molecule has 14 heavy (non-hydrogen) atoms. The first-order valence-corrected chi connectivity index (χ1v) is 4.37. The van der Waals surface area contributed by atoms with E-state index in [1.807, 2.05) is 0 Å². The number of Topliss-reactive ketones (excluding diaryl/α,β-unsaturated/α-hetero) is 1. The molecule has 0 saturated carbocycles. The van der Waals surface area contributed by atoms with Crippen molar-refractivity contribution < 1.29 is 13.6 Å². The summed E-state index contributed by atoms with van der Waals surface area (Å²) in [6.45, 7) is 0.309. The molecule has 0 radical (unpaired) electrons. The number of ketones is 1. The maximum absolute atomic E-state index is 12.8. The third-order valence-electron chi connectivity index (χ3n) is 2.32. The Bertz CT molecular complexity index is 378. The maximum Gasteiger partial charge on any atom is 0.159 e. The summed E-state index contributed by atoms with van der Waals surface area (Å²) in [4.78, 5) is 10.9. The zero-order chi connectivity index (χ0) is 10.1. The molecule has 1 aliphatic heterocycles. The summed E-state index contributed by atoms with van der Waals surface area (Å²) in [5.41, 5.74) is 0.620. The molecule has 1 aromatic rings. The number of hydrogen-bond acceptors (Lipinski definition) is 2. The van der Waals surface area contributed by atoms with Crippen LogP contribution in [0.15, 0.2) is 18.2 Å². The molecule has 1 atom stereocenters. The average molecular weight is 197 g/mol. The topological polar surface area (TPSA) is 29.1 Å². The van der Waals surface area contributed by atoms with Crippen LogP contribution in [0.3, 0.4) is 0 Å². The van der Waals surface area contributed by atoms with Crippen LogP contribution in [0.25, 0.3) is 0 Å². The Kier molecular flexibility index (Phi) is 2.29. The second-order valence-corrected chi connectivity index (χ2v) is 3.35. The number of halogens is 2. The minimum absolute atomic E-state index is 0.0970. The van der Waals surface area contributed by atoms with Gasteiger partial charge in [-0.3, -0.25) is 4.79 Å². The highest BCUT2D eigenvalue weighted by atomic mass is 19.2. The van der Waals surface area contributed by atoms with Gasteiger partial charge in [-0.05, 0) is 17.7 Å². The summed E-state index contributed by atoms with van der Waals surface area (Å²) in [5, 5.41) is 2.93. The normalized spacial score (nSPS) is 21.6. The molecule has 0 amide bonds. The number of benzene rings is 1. The van der Waals surface area contributed by atoms with Gasteiger partial charge in [-0.25, -0.2) is 8.78 Å². The van der Waals surface area contributed by atoms with Crippen LogP contribution in [-0.2, 0) is 4.79 Å². The number of hydrogen-bond donors (Lipinski definition) is 1. The summed E-state index contributed by atoms with van der Waals surface area (Å²) < 4.78 is 25.4. The Morgan fingerprint density at radius 1 is 1.29 bits per heavy atom. The second kappa shape index (κ2) is 3.46. The average Bonchev–Trinajstić information content (AvgIpc) is 2.57. The summed E-state index contributed by atoms with van der Waals surface area (Å²) >= 11 is 0. The molecule has 1 N–H and O–H groups in total. The van der Waals surface area contributed by atoms with Gasteiger partial charge < -0.3 is 5.32 Å². The van der Waals surface area contributed by atoms with Crippen molar-refractivity contribution in [1.82, 2.24) is 5.32 Å². The first-order valence-electron chi connectivity index (χ1n) is 4.37. The van der Waals surface area contributed by atoms with E-state index in [0.717, 1.165) is 12.1 Å². The highest BCUT2D eigenvalue weighted by Gasteiger charge is 2.23. The van der Waals surface area contributed by atoms with E-state index in [1.165, 1.54) is 6.07 Å². The molecule has 1 heterocycles. The summed E-state index contributed by atoms with van der Waals surface area (Å²) in [6.07, 6.45) is 0.352. The molecule has 0 aromatic heterocycles. The highest BCUT2D eigenvalue weighted by Crippen LogP contribution is 2.22. The van der Waals surface area contributed by atoms with E-state index in [-0.39, 0.29) is 11.8 Å². The van der Waals surface area contributed by atoms with Gasteiger partial charge in [-0.15, -0.1) is 0 Å². The highest BCUT2D eigenvalue weighted by molar-refractivity contribution is 5.83. The molecule has 0 bridgehead atoms. The fourth-order valence-electron chi connectivity index (χ4n) is 1.57. The van der Waals surface area contributed by atoms with Crippen molar-refractivity contribution in [3.63, 3.8) is 0 Å². The Balaban J connectivity index is 2.24. The van der Waals surface area contributed by atoms with Crippen molar-refractivity contribution in [3.8, 4) is 0 Å². The van der Waals surface area contributed by atoms with Crippen LogP contribution >= 0.6 is 0 Å². The van der Waals surface area contributed by atoms with Gasteiger partial charge in [-0.2, -0.15) is 0 Å². The predicted molar refractivity (Wildman–Crippen MR) is 46.7 cm³/mol. The third kappa shape index (κ3) is 1.65. The molecular formula is C10H9F2NO. The predicted octanol–water partition coefficient (Wildman–Crippen LogP) is 1.57. The summed E-state index contributed by atoms with van der Waals surface area (Å²) in [6, 6.07) is 3.53.